The Bertz CT molecular complexity index is 929. The molecule has 1 saturated carbocycles. The average molecular weight is 409 g/mol. The SMILES string of the molecule is O=C(c1ccc2ccccc2c1)N1CCC2(CC1)SCCN2C(=O)C1CCCC1. The Labute approximate surface area is 176 Å². The summed E-state index contributed by atoms with van der Waals surface area (Å²) in [7, 11) is 0. The third-order valence-electron chi connectivity index (χ3n) is 6.98. The highest BCUT2D eigenvalue weighted by molar-refractivity contribution is 8.00. The number of thioether (sulfide) groups is 1. The van der Waals surface area contributed by atoms with Gasteiger partial charge in [-0.3, -0.25) is 9.59 Å². The molecule has 1 aliphatic carbocycles. The molecule has 5 heteroatoms. The van der Waals surface area contributed by atoms with Gasteiger partial charge in [0.1, 0.15) is 0 Å². The number of hydrogen-bond donors (Lipinski definition) is 0. The van der Waals surface area contributed by atoms with Crippen LogP contribution in [0.1, 0.15) is 48.9 Å². The number of piperidine rings is 1. The number of carbonyl (C=O) groups is 2. The Balaban J connectivity index is 1.28. The molecule has 0 bridgehead atoms. The quantitative estimate of drug-likeness (QED) is 0.733. The van der Waals surface area contributed by atoms with Gasteiger partial charge in [-0.1, -0.05) is 43.2 Å². The van der Waals surface area contributed by atoms with Gasteiger partial charge in [-0.15, -0.1) is 11.8 Å². The molecule has 0 unspecified atom stereocenters. The molecule has 0 atom stereocenters. The van der Waals surface area contributed by atoms with Gasteiger partial charge in [0.25, 0.3) is 5.91 Å². The summed E-state index contributed by atoms with van der Waals surface area (Å²) >= 11 is 1.94. The Hall–Kier alpha value is -2.01. The van der Waals surface area contributed by atoms with Crippen LogP contribution in [0.5, 0.6) is 0 Å². The van der Waals surface area contributed by atoms with Gasteiger partial charge in [0.2, 0.25) is 5.91 Å². The Morgan fingerprint density at radius 3 is 2.41 bits per heavy atom. The number of rotatable bonds is 2. The van der Waals surface area contributed by atoms with Crippen LogP contribution in [0.3, 0.4) is 0 Å². The van der Waals surface area contributed by atoms with Crippen molar-refractivity contribution in [2.75, 3.05) is 25.4 Å². The van der Waals surface area contributed by atoms with Crippen molar-refractivity contribution in [1.82, 2.24) is 9.80 Å². The summed E-state index contributed by atoms with van der Waals surface area (Å²) < 4.78 is 0. The minimum absolute atomic E-state index is 0.0835. The van der Waals surface area contributed by atoms with Gasteiger partial charge in [-0.2, -0.15) is 0 Å². The second-order valence-corrected chi connectivity index (χ2v) is 10.1. The molecular formula is C24H28N2O2S. The van der Waals surface area contributed by atoms with E-state index in [9.17, 15) is 9.59 Å². The molecule has 152 valence electrons. The molecule has 2 saturated heterocycles. The van der Waals surface area contributed by atoms with E-state index >= 15 is 0 Å². The van der Waals surface area contributed by atoms with Crippen molar-refractivity contribution in [3.8, 4) is 0 Å². The second-order valence-electron chi connectivity index (χ2n) is 8.62. The van der Waals surface area contributed by atoms with E-state index in [2.05, 4.69) is 17.0 Å². The minimum Gasteiger partial charge on any atom is -0.338 e. The van der Waals surface area contributed by atoms with Gasteiger partial charge >= 0.3 is 0 Å². The molecule has 3 aliphatic rings. The third kappa shape index (κ3) is 3.43. The molecule has 2 aromatic rings. The third-order valence-corrected chi connectivity index (χ3v) is 8.53. The first-order valence-corrected chi connectivity index (χ1v) is 11.9. The summed E-state index contributed by atoms with van der Waals surface area (Å²) in [5.74, 6) is 1.75. The van der Waals surface area contributed by atoms with E-state index in [4.69, 9.17) is 0 Å². The molecular weight excluding hydrogens is 380 g/mol. The number of amides is 2. The van der Waals surface area contributed by atoms with Crippen LogP contribution in [0.4, 0.5) is 0 Å². The molecule has 1 spiro atoms. The highest BCUT2D eigenvalue weighted by Gasteiger charge is 2.48. The molecule has 0 radical (unpaired) electrons. The largest absolute Gasteiger partial charge is 0.338 e. The standard InChI is InChI=1S/C24H28N2O2S/c27-22(21-10-9-18-5-1-4-8-20(18)17-21)25-13-11-24(12-14-25)26(15-16-29-24)23(28)19-6-2-3-7-19/h1,4-5,8-10,17,19H,2-3,6-7,11-16H2. The highest BCUT2D eigenvalue weighted by Crippen LogP contribution is 2.45. The van der Waals surface area contributed by atoms with Crippen molar-refractivity contribution in [3.63, 3.8) is 0 Å². The summed E-state index contributed by atoms with van der Waals surface area (Å²) in [6.07, 6.45) is 6.27. The lowest BCUT2D eigenvalue weighted by Gasteiger charge is -2.44. The Morgan fingerprint density at radius 2 is 1.66 bits per heavy atom. The lowest BCUT2D eigenvalue weighted by molar-refractivity contribution is -0.138. The molecule has 5 rings (SSSR count). The van der Waals surface area contributed by atoms with Gasteiger partial charge in [-0.05, 0) is 48.6 Å². The van der Waals surface area contributed by atoms with Crippen LogP contribution in [0.2, 0.25) is 0 Å². The lowest BCUT2D eigenvalue weighted by Crippen LogP contribution is -2.54. The van der Waals surface area contributed by atoms with Crippen LogP contribution in [0.15, 0.2) is 42.5 Å². The molecule has 0 N–H and O–H groups in total. The molecule has 0 aromatic heterocycles. The fourth-order valence-corrected chi connectivity index (χ4v) is 6.75. The zero-order valence-electron chi connectivity index (χ0n) is 16.8. The van der Waals surface area contributed by atoms with E-state index in [1.165, 1.54) is 12.8 Å². The van der Waals surface area contributed by atoms with Crippen molar-refractivity contribution in [1.29, 1.82) is 0 Å². The summed E-state index contributed by atoms with van der Waals surface area (Å²) in [4.78, 5) is 30.3. The van der Waals surface area contributed by atoms with E-state index in [0.29, 0.717) is 5.91 Å². The molecule has 4 nitrogen and oxygen atoms in total. The van der Waals surface area contributed by atoms with E-state index in [-0.39, 0.29) is 16.7 Å². The fourth-order valence-electron chi connectivity index (χ4n) is 5.29. The number of hydrogen-bond acceptors (Lipinski definition) is 3. The molecule has 2 aromatic carbocycles. The van der Waals surface area contributed by atoms with Crippen molar-refractivity contribution >= 4 is 34.3 Å². The zero-order chi connectivity index (χ0) is 19.8. The van der Waals surface area contributed by atoms with Crippen LogP contribution in [-0.4, -0.2) is 51.9 Å². The number of carbonyl (C=O) groups excluding carboxylic acids is 2. The molecule has 29 heavy (non-hydrogen) atoms. The van der Waals surface area contributed by atoms with Crippen molar-refractivity contribution in [2.24, 2.45) is 5.92 Å². The average Bonchev–Trinajstić information content (AvgIpc) is 3.44. The van der Waals surface area contributed by atoms with Gasteiger partial charge in [0.05, 0.1) is 4.87 Å². The predicted molar refractivity (Wildman–Crippen MR) is 118 cm³/mol. The maximum atomic E-state index is 13.1. The Morgan fingerprint density at radius 1 is 0.931 bits per heavy atom. The summed E-state index contributed by atoms with van der Waals surface area (Å²) in [5.41, 5.74) is 0.762. The monoisotopic (exact) mass is 408 g/mol. The molecule has 3 fully saturated rings. The summed E-state index contributed by atoms with van der Waals surface area (Å²) in [5, 5.41) is 2.26. The van der Waals surface area contributed by atoms with Crippen molar-refractivity contribution in [2.45, 2.75) is 43.4 Å². The number of likely N-dealkylation sites (tertiary alicyclic amines) is 1. The van der Waals surface area contributed by atoms with Crippen LogP contribution < -0.4 is 0 Å². The number of benzene rings is 2. The highest BCUT2D eigenvalue weighted by atomic mass is 32.2. The first-order valence-electron chi connectivity index (χ1n) is 10.9. The zero-order valence-corrected chi connectivity index (χ0v) is 17.6. The van der Waals surface area contributed by atoms with E-state index < -0.39 is 0 Å². The predicted octanol–water partition coefficient (Wildman–Crippen LogP) is 4.54. The van der Waals surface area contributed by atoms with Crippen molar-refractivity contribution < 1.29 is 9.59 Å². The molecule has 2 amide bonds. The summed E-state index contributed by atoms with van der Waals surface area (Å²) in [6, 6.07) is 14.1. The Kier molecular flexibility index (Phi) is 5.02. The smallest absolute Gasteiger partial charge is 0.253 e. The summed E-state index contributed by atoms with van der Waals surface area (Å²) in [6.45, 7) is 2.33. The first kappa shape index (κ1) is 19.0. The van der Waals surface area contributed by atoms with Crippen LogP contribution in [0, 0.1) is 5.92 Å². The normalized spacial score (nSPS) is 21.9. The van der Waals surface area contributed by atoms with E-state index in [0.717, 1.165) is 67.4 Å². The van der Waals surface area contributed by atoms with Crippen molar-refractivity contribution in [3.05, 3.63) is 48.0 Å². The van der Waals surface area contributed by atoms with Crippen LogP contribution in [0.25, 0.3) is 10.8 Å². The maximum Gasteiger partial charge on any atom is 0.253 e. The number of nitrogens with zero attached hydrogens (tertiary/aromatic N) is 2. The molecule has 2 heterocycles. The van der Waals surface area contributed by atoms with Crippen LogP contribution in [-0.2, 0) is 4.79 Å². The van der Waals surface area contributed by atoms with E-state index in [1.807, 2.05) is 47.0 Å². The van der Waals surface area contributed by atoms with Gasteiger partial charge in [0.15, 0.2) is 0 Å². The van der Waals surface area contributed by atoms with Crippen LogP contribution >= 0.6 is 11.8 Å². The maximum absolute atomic E-state index is 13.1. The van der Waals surface area contributed by atoms with Gasteiger partial charge in [0, 0.05) is 36.9 Å². The topological polar surface area (TPSA) is 40.6 Å². The minimum atomic E-state index is -0.0835. The van der Waals surface area contributed by atoms with E-state index in [1.54, 1.807) is 0 Å². The number of fused-ring (bicyclic) bond motifs is 1. The first-order chi connectivity index (χ1) is 14.2. The van der Waals surface area contributed by atoms with Gasteiger partial charge in [-0.25, -0.2) is 0 Å². The lowest BCUT2D eigenvalue weighted by atomic mass is 9.98. The second kappa shape index (κ2) is 7.67. The molecule has 2 aliphatic heterocycles. The fraction of sp³-hybridized carbons (Fsp3) is 0.500. The van der Waals surface area contributed by atoms with Gasteiger partial charge < -0.3 is 9.80 Å².